The summed E-state index contributed by atoms with van der Waals surface area (Å²) in [6.07, 6.45) is -0.106. The Labute approximate surface area is 198 Å². The second-order valence-corrected chi connectivity index (χ2v) is 8.87. The van der Waals surface area contributed by atoms with Crippen molar-refractivity contribution in [3.63, 3.8) is 0 Å². The number of nitrogen functional groups attached to an aromatic ring is 1. The predicted molar refractivity (Wildman–Crippen MR) is 130 cm³/mol. The van der Waals surface area contributed by atoms with Gasteiger partial charge in [0.15, 0.2) is 11.6 Å². The Morgan fingerprint density at radius 2 is 1.94 bits per heavy atom. The monoisotopic (exact) mass is 462 g/mol. The van der Waals surface area contributed by atoms with Crippen LogP contribution in [0.2, 0.25) is 0 Å². The minimum absolute atomic E-state index is 0.106. The normalized spacial score (nSPS) is 17.6. The van der Waals surface area contributed by atoms with E-state index < -0.39 is 5.79 Å². The van der Waals surface area contributed by atoms with Gasteiger partial charge in [0.1, 0.15) is 36.4 Å². The van der Waals surface area contributed by atoms with E-state index in [1.165, 1.54) is 0 Å². The Morgan fingerprint density at radius 1 is 1.12 bits per heavy atom. The lowest BCUT2D eigenvalue weighted by atomic mass is 10.1. The van der Waals surface area contributed by atoms with E-state index in [0.717, 1.165) is 33.6 Å². The number of fused-ring (bicyclic) bond motifs is 3. The fourth-order valence-corrected chi connectivity index (χ4v) is 4.33. The number of nitrogens with two attached hydrogens (primary N) is 1. The number of hydrogen-bond acceptors (Lipinski definition) is 7. The molecule has 8 heteroatoms. The number of pyridine rings is 1. The number of aromatic nitrogens is 3. The molecule has 2 N–H and O–H groups in total. The van der Waals surface area contributed by atoms with E-state index in [4.69, 9.17) is 29.7 Å². The van der Waals surface area contributed by atoms with Crippen molar-refractivity contribution in [1.82, 2.24) is 14.5 Å². The molecule has 1 aliphatic rings. The van der Waals surface area contributed by atoms with Crippen LogP contribution < -0.4 is 10.5 Å². The molecule has 1 saturated heterocycles. The molecule has 0 radical (unpaired) electrons. The maximum Gasteiger partial charge on any atom is 0.163 e. The molecule has 0 aliphatic carbocycles. The first-order chi connectivity index (χ1) is 16.4. The summed E-state index contributed by atoms with van der Waals surface area (Å²) in [6.45, 7) is 8.35. The zero-order valence-corrected chi connectivity index (χ0v) is 19.8. The van der Waals surface area contributed by atoms with Crippen molar-refractivity contribution >= 4 is 27.8 Å². The first-order valence-electron chi connectivity index (χ1n) is 11.6. The van der Waals surface area contributed by atoms with E-state index in [1.807, 2.05) is 69.3 Å². The van der Waals surface area contributed by atoms with Gasteiger partial charge in [0.25, 0.3) is 0 Å². The highest BCUT2D eigenvalue weighted by molar-refractivity contribution is 6.06. The number of nitrogens with zero attached hydrogens (tertiary/aromatic N) is 3. The molecule has 0 bridgehead atoms. The molecule has 2 aromatic carbocycles. The standard InChI is InChI=1S/C26H30N4O4/c1-4-31-16-22-29-23-24(30(22)13-19-15-33-26(2,3)34-19)20-11-10-18(12-21(20)28-25(23)27)32-14-17-8-6-5-7-9-17/h5-12,19H,4,13-16H2,1-3H3,(H2,27,28). The second kappa shape index (κ2) is 9.21. The molecule has 178 valence electrons. The van der Waals surface area contributed by atoms with Gasteiger partial charge in [0.2, 0.25) is 0 Å². The number of anilines is 1. The van der Waals surface area contributed by atoms with Crippen molar-refractivity contribution in [3.8, 4) is 5.75 Å². The average molecular weight is 463 g/mol. The molecule has 1 atom stereocenters. The molecule has 8 nitrogen and oxygen atoms in total. The molecular formula is C26H30N4O4. The van der Waals surface area contributed by atoms with Gasteiger partial charge in [-0.05, 0) is 38.5 Å². The highest BCUT2D eigenvalue weighted by atomic mass is 16.7. The smallest absolute Gasteiger partial charge is 0.163 e. The molecule has 1 unspecified atom stereocenters. The van der Waals surface area contributed by atoms with Crippen molar-refractivity contribution < 1.29 is 18.9 Å². The number of imidazole rings is 1. The topological polar surface area (TPSA) is 93.7 Å². The summed E-state index contributed by atoms with van der Waals surface area (Å²) in [4.78, 5) is 9.43. The number of rotatable bonds is 8. The summed E-state index contributed by atoms with van der Waals surface area (Å²) in [6, 6.07) is 16.0. The van der Waals surface area contributed by atoms with Gasteiger partial charge in [0, 0.05) is 18.1 Å². The van der Waals surface area contributed by atoms with Crippen LogP contribution in [0.3, 0.4) is 0 Å². The Balaban J connectivity index is 1.54. The van der Waals surface area contributed by atoms with Crippen molar-refractivity contribution in [2.45, 2.75) is 52.4 Å². The number of benzene rings is 2. The van der Waals surface area contributed by atoms with Crippen LogP contribution in [0.4, 0.5) is 5.82 Å². The van der Waals surface area contributed by atoms with E-state index in [9.17, 15) is 0 Å². The molecule has 0 saturated carbocycles. The summed E-state index contributed by atoms with van der Waals surface area (Å²) in [7, 11) is 0. The Morgan fingerprint density at radius 3 is 2.68 bits per heavy atom. The minimum atomic E-state index is -0.602. The largest absolute Gasteiger partial charge is 0.489 e. The minimum Gasteiger partial charge on any atom is -0.489 e. The van der Waals surface area contributed by atoms with E-state index in [2.05, 4.69) is 9.55 Å². The molecule has 2 aromatic heterocycles. The van der Waals surface area contributed by atoms with Gasteiger partial charge in [-0.2, -0.15) is 0 Å². The van der Waals surface area contributed by atoms with Gasteiger partial charge >= 0.3 is 0 Å². The zero-order valence-electron chi connectivity index (χ0n) is 19.8. The van der Waals surface area contributed by atoms with Gasteiger partial charge < -0.3 is 29.2 Å². The fourth-order valence-electron chi connectivity index (χ4n) is 4.33. The number of ether oxygens (including phenoxy) is 4. The van der Waals surface area contributed by atoms with E-state index in [1.54, 1.807) is 0 Å². The van der Waals surface area contributed by atoms with Crippen LogP contribution in [0, 0.1) is 0 Å². The molecule has 4 aromatic rings. The molecule has 0 spiro atoms. The maximum absolute atomic E-state index is 6.38. The summed E-state index contributed by atoms with van der Waals surface area (Å²) in [5.41, 5.74) is 9.81. The average Bonchev–Trinajstić information content (AvgIpc) is 3.37. The summed E-state index contributed by atoms with van der Waals surface area (Å²) >= 11 is 0. The van der Waals surface area contributed by atoms with Crippen molar-refractivity contribution in [3.05, 3.63) is 59.9 Å². The third-order valence-electron chi connectivity index (χ3n) is 5.89. The Hall–Kier alpha value is -3.20. The van der Waals surface area contributed by atoms with Crippen LogP contribution >= 0.6 is 0 Å². The lowest BCUT2D eigenvalue weighted by Crippen LogP contribution is -2.25. The van der Waals surface area contributed by atoms with Gasteiger partial charge in [-0.25, -0.2) is 9.97 Å². The summed E-state index contributed by atoms with van der Waals surface area (Å²) in [5, 5.41) is 0.949. The predicted octanol–water partition coefficient (Wildman–Crippen LogP) is 4.43. The molecule has 1 aliphatic heterocycles. The fraction of sp³-hybridized carbons (Fsp3) is 0.385. The highest BCUT2D eigenvalue weighted by Gasteiger charge is 2.33. The molecule has 5 rings (SSSR count). The van der Waals surface area contributed by atoms with Gasteiger partial charge in [0.05, 0.1) is 24.2 Å². The molecule has 3 heterocycles. The second-order valence-electron chi connectivity index (χ2n) is 8.87. The van der Waals surface area contributed by atoms with Crippen molar-refractivity contribution in [2.24, 2.45) is 0 Å². The molecule has 34 heavy (non-hydrogen) atoms. The van der Waals surface area contributed by atoms with E-state index >= 15 is 0 Å². The van der Waals surface area contributed by atoms with Crippen molar-refractivity contribution in [1.29, 1.82) is 0 Å². The number of hydrogen-bond donors (Lipinski definition) is 1. The lowest BCUT2D eigenvalue weighted by Gasteiger charge is -2.18. The molecule has 0 amide bonds. The van der Waals surface area contributed by atoms with Gasteiger partial charge in [-0.15, -0.1) is 0 Å². The quantitative estimate of drug-likeness (QED) is 0.414. The summed E-state index contributed by atoms with van der Waals surface area (Å²) in [5.74, 6) is 1.30. The van der Waals surface area contributed by atoms with Crippen LogP contribution in [0.25, 0.3) is 21.9 Å². The van der Waals surface area contributed by atoms with E-state index in [-0.39, 0.29) is 6.10 Å². The first kappa shape index (κ1) is 22.6. The van der Waals surface area contributed by atoms with Gasteiger partial charge in [-0.3, -0.25) is 0 Å². The zero-order chi connectivity index (χ0) is 23.7. The lowest BCUT2D eigenvalue weighted by molar-refractivity contribution is -0.139. The van der Waals surface area contributed by atoms with Crippen molar-refractivity contribution in [2.75, 3.05) is 18.9 Å². The van der Waals surface area contributed by atoms with Crippen LogP contribution in [0.5, 0.6) is 5.75 Å². The van der Waals surface area contributed by atoms with Crippen LogP contribution in [-0.4, -0.2) is 39.6 Å². The Kier molecular flexibility index (Phi) is 6.12. The molecule has 1 fully saturated rings. The van der Waals surface area contributed by atoms with Crippen LogP contribution in [0.15, 0.2) is 48.5 Å². The third kappa shape index (κ3) is 4.57. The summed E-state index contributed by atoms with van der Waals surface area (Å²) < 4.78 is 25.7. The molecular weight excluding hydrogens is 432 g/mol. The van der Waals surface area contributed by atoms with Gasteiger partial charge in [-0.1, -0.05) is 30.3 Å². The SMILES string of the molecule is CCOCc1nc2c(N)nc3cc(OCc4ccccc4)ccc3c2n1CC1COC(C)(C)O1. The first-order valence-corrected chi connectivity index (χ1v) is 11.6. The Bertz CT molecular complexity index is 1300. The van der Waals surface area contributed by atoms with Crippen LogP contribution in [-0.2, 0) is 34.0 Å². The third-order valence-corrected chi connectivity index (χ3v) is 5.89. The van der Waals surface area contributed by atoms with Crippen LogP contribution in [0.1, 0.15) is 32.2 Å². The highest BCUT2D eigenvalue weighted by Crippen LogP contribution is 2.33. The van der Waals surface area contributed by atoms with E-state index in [0.29, 0.717) is 44.3 Å². The maximum atomic E-state index is 6.38.